The van der Waals surface area contributed by atoms with Gasteiger partial charge in [-0.25, -0.2) is 0 Å². The predicted molar refractivity (Wildman–Crippen MR) is 67.1 cm³/mol. The summed E-state index contributed by atoms with van der Waals surface area (Å²) < 4.78 is 0. The van der Waals surface area contributed by atoms with E-state index in [9.17, 15) is 0 Å². The third-order valence-electron chi connectivity index (χ3n) is 3.60. The van der Waals surface area contributed by atoms with Crippen molar-refractivity contribution < 1.29 is 0 Å². The molecule has 0 spiro atoms. The Labute approximate surface area is 94.5 Å². The van der Waals surface area contributed by atoms with Gasteiger partial charge in [-0.05, 0) is 30.4 Å². The molecule has 1 fully saturated rings. The fourth-order valence-corrected chi connectivity index (χ4v) is 1.46. The summed E-state index contributed by atoms with van der Waals surface area (Å²) in [6.07, 6.45) is 0. The first kappa shape index (κ1) is 12.7. The van der Waals surface area contributed by atoms with Crippen molar-refractivity contribution in [2.75, 3.05) is 26.2 Å². The zero-order valence-corrected chi connectivity index (χ0v) is 10.9. The molecule has 0 bridgehead atoms. The van der Waals surface area contributed by atoms with Crippen LogP contribution < -0.4 is 10.6 Å². The van der Waals surface area contributed by atoms with Crippen LogP contribution >= 0.6 is 0 Å². The molecule has 0 aromatic heterocycles. The molecule has 0 saturated carbocycles. The minimum Gasteiger partial charge on any atom is -0.313 e. The van der Waals surface area contributed by atoms with Crippen LogP contribution in [0.2, 0.25) is 0 Å². The Morgan fingerprint density at radius 2 is 2.00 bits per heavy atom. The smallest absolute Gasteiger partial charge is 0.0183 e. The van der Waals surface area contributed by atoms with Crippen molar-refractivity contribution in [3.63, 3.8) is 0 Å². The molecule has 1 aliphatic rings. The topological polar surface area (TPSA) is 24.1 Å². The highest BCUT2D eigenvalue weighted by Gasteiger charge is 2.19. The maximum atomic E-state index is 3.55. The molecule has 2 heteroatoms. The highest BCUT2D eigenvalue weighted by Crippen LogP contribution is 2.24. The summed E-state index contributed by atoms with van der Waals surface area (Å²) in [7, 11) is 0. The van der Waals surface area contributed by atoms with E-state index in [-0.39, 0.29) is 0 Å². The van der Waals surface area contributed by atoms with Crippen LogP contribution in [0.4, 0.5) is 0 Å². The van der Waals surface area contributed by atoms with E-state index in [2.05, 4.69) is 45.3 Å². The highest BCUT2D eigenvalue weighted by molar-refractivity contribution is 5.22. The van der Waals surface area contributed by atoms with Crippen molar-refractivity contribution in [1.82, 2.24) is 10.6 Å². The molecular formula is C13H26N2. The highest BCUT2D eigenvalue weighted by atomic mass is 14.9. The average Bonchev–Trinajstić information content (AvgIpc) is 1.98. The number of hydrogen-bond acceptors (Lipinski definition) is 2. The van der Waals surface area contributed by atoms with Crippen LogP contribution in [0.25, 0.3) is 0 Å². The third-order valence-corrected chi connectivity index (χ3v) is 3.60. The second-order valence-corrected chi connectivity index (χ2v) is 5.89. The summed E-state index contributed by atoms with van der Waals surface area (Å²) in [5.74, 6) is 0.717. The molecule has 1 atom stereocenters. The fraction of sp³-hybridized carbons (Fsp3) is 0.846. The molecule has 2 nitrogen and oxygen atoms in total. The van der Waals surface area contributed by atoms with Gasteiger partial charge in [0.1, 0.15) is 0 Å². The molecule has 0 aromatic rings. The fourth-order valence-electron chi connectivity index (χ4n) is 1.46. The van der Waals surface area contributed by atoms with Gasteiger partial charge in [0.2, 0.25) is 0 Å². The molecule has 2 N–H and O–H groups in total. The van der Waals surface area contributed by atoms with Gasteiger partial charge in [-0.1, -0.05) is 33.3 Å². The Morgan fingerprint density at radius 3 is 2.40 bits per heavy atom. The standard InChI is InChI=1S/C13H26N2/c1-10(12-8-15-9-12)6-14-7-11(2)13(3,4)5/h11,14-15H,6-9H2,1-5H3. The van der Waals surface area contributed by atoms with Gasteiger partial charge in [0, 0.05) is 19.6 Å². The van der Waals surface area contributed by atoms with Crippen molar-refractivity contribution in [3.05, 3.63) is 11.1 Å². The van der Waals surface area contributed by atoms with Gasteiger partial charge in [-0.15, -0.1) is 0 Å². The van der Waals surface area contributed by atoms with Crippen LogP contribution in [0, 0.1) is 11.3 Å². The van der Waals surface area contributed by atoms with Gasteiger partial charge in [0.25, 0.3) is 0 Å². The Balaban J connectivity index is 2.21. The maximum Gasteiger partial charge on any atom is 0.0183 e. The zero-order valence-electron chi connectivity index (χ0n) is 10.9. The Bertz CT molecular complexity index is 229. The number of nitrogens with one attached hydrogen (secondary N) is 2. The lowest BCUT2D eigenvalue weighted by Gasteiger charge is -2.28. The lowest BCUT2D eigenvalue weighted by molar-refractivity contribution is 0.255. The molecule has 1 rings (SSSR count). The molecule has 0 radical (unpaired) electrons. The lowest BCUT2D eigenvalue weighted by atomic mass is 9.82. The molecule has 0 amide bonds. The van der Waals surface area contributed by atoms with E-state index < -0.39 is 0 Å². The van der Waals surface area contributed by atoms with E-state index in [4.69, 9.17) is 0 Å². The van der Waals surface area contributed by atoms with Crippen LogP contribution in [0.15, 0.2) is 11.1 Å². The quantitative estimate of drug-likeness (QED) is 0.695. The molecular weight excluding hydrogens is 184 g/mol. The van der Waals surface area contributed by atoms with Gasteiger partial charge in [0.15, 0.2) is 0 Å². The molecule has 88 valence electrons. The van der Waals surface area contributed by atoms with Gasteiger partial charge < -0.3 is 10.6 Å². The first-order valence-electron chi connectivity index (χ1n) is 6.00. The van der Waals surface area contributed by atoms with Crippen molar-refractivity contribution in [3.8, 4) is 0 Å². The molecule has 0 aromatic carbocycles. The van der Waals surface area contributed by atoms with Crippen LogP contribution in [-0.2, 0) is 0 Å². The second kappa shape index (κ2) is 5.13. The largest absolute Gasteiger partial charge is 0.313 e. The van der Waals surface area contributed by atoms with Gasteiger partial charge in [0.05, 0.1) is 0 Å². The minimum atomic E-state index is 0.409. The molecule has 1 unspecified atom stereocenters. The lowest BCUT2D eigenvalue weighted by Crippen LogP contribution is -2.37. The van der Waals surface area contributed by atoms with Gasteiger partial charge in [-0.2, -0.15) is 0 Å². The summed E-state index contributed by atoms with van der Waals surface area (Å²) >= 11 is 0. The van der Waals surface area contributed by atoms with Crippen LogP contribution in [-0.4, -0.2) is 26.2 Å². The summed E-state index contributed by atoms with van der Waals surface area (Å²) in [6, 6.07) is 0. The van der Waals surface area contributed by atoms with Crippen molar-refractivity contribution in [2.24, 2.45) is 11.3 Å². The van der Waals surface area contributed by atoms with E-state index in [1.807, 2.05) is 0 Å². The van der Waals surface area contributed by atoms with Crippen LogP contribution in [0.5, 0.6) is 0 Å². The summed E-state index contributed by atoms with van der Waals surface area (Å²) in [5.41, 5.74) is 3.52. The van der Waals surface area contributed by atoms with E-state index in [1.165, 1.54) is 5.57 Å². The summed E-state index contributed by atoms with van der Waals surface area (Å²) in [5, 5.41) is 6.83. The zero-order chi connectivity index (χ0) is 11.5. The number of rotatable bonds is 4. The monoisotopic (exact) mass is 210 g/mol. The maximum absolute atomic E-state index is 3.55. The van der Waals surface area contributed by atoms with E-state index >= 15 is 0 Å². The second-order valence-electron chi connectivity index (χ2n) is 5.89. The van der Waals surface area contributed by atoms with E-state index in [0.29, 0.717) is 5.41 Å². The summed E-state index contributed by atoms with van der Waals surface area (Å²) in [6.45, 7) is 15.8. The Morgan fingerprint density at radius 1 is 1.40 bits per heavy atom. The number of hydrogen-bond donors (Lipinski definition) is 2. The van der Waals surface area contributed by atoms with Crippen LogP contribution in [0.3, 0.4) is 0 Å². The Hall–Kier alpha value is -0.340. The average molecular weight is 210 g/mol. The van der Waals surface area contributed by atoms with Gasteiger partial charge in [-0.3, -0.25) is 0 Å². The summed E-state index contributed by atoms with van der Waals surface area (Å²) in [4.78, 5) is 0. The SMILES string of the molecule is CC(CNCC(C)C(C)(C)C)=C1CNC1. The molecule has 1 aliphatic heterocycles. The Kier molecular flexibility index (Phi) is 4.35. The molecule has 15 heavy (non-hydrogen) atoms. The van der Waals surface area contributed by atoms with Crippen molar-refractivity contribution >= 4 is 0 Å². The third kappa shape index (κ3) is 3.96. The van der Waals surface area contributed by atoms with Crippen molar-refractivity contribution in [1.29, 1.82) is 0 Å². The first-order valence-corrected chi connectivity index (χ1v) is 6.00. The van der Waals surface area contributed by atoms with Crippen molar-refractivity contribution in [2.45, 2.75) is 34.6 Å². The molecule has 1 saturated heterocycles. The van der Waals surface area contributed by atoms with E-state index in [1.54, 1.807) is 5.57 Å². The van der Waals surface area contributed by atoms with Crippen LogP contribution in [0.1, 0.15) is 34.6 Å². The van der Waals surface area contributed by atoms with E-state index in [0.717, 1.165) is 32.1 Å². The molecule has 0 aliphatic carbocycles. The van der Waals surface area contributed by atoms with Gasteiger partial charge >= 0.3 is 0 Å². The first-order chi connectivity index (χ1) is 6.91. The predicted octanol–water partition coefficient (Wildman–Crippen LogP) is 2.18. The normalized spacial score (nSPS) is 18.6. The minimum absolute atomic E-state index is 0.409. The molecule has 1 heterocycles.